The molecule has 0 amide bonds. The van der Waals surface area contributed by atoms with E-state index >= 15 is 0 Å². The van der Waals surface area contributed by atoms with Crippen LogP contribution in [0.2, 0.25) is 0 Å². The zero-order chi connectivity index (χ0) is 14.0. The Kier molecular flexibility index (Phi) is 4.58. The molecule has 0 aliphatic carbocycles. The minimum absolute atomic E-state index is 0.404. The van der Waals surface area contributed by atoms with Gasteiger partial charge in [-0.25, -0.2) is 0 Å². The highest BCUT2D eigenvalue weighted by Gasteiger charge is 2.31. The average Bonchev–Trinajstić information content (AvgIpc) is 2.26. The molecular weight excluding hydrogens is 292 g/mol. The van der Waals surface area contributed by atoms with Crippen LogP contribution in [0.4, 0.5) is 13.2 Å². The number of halogens is 3. The molecule has 9 heteroatoms. The van der Waals surface area contributed by atoms with E-state index in [1.165, 1.54) is 18.8 Å². The minimum atomic E-state index is -4.72. The van der Waals surface area contributed by atoms with E-state index in [1.54, 1.807) is 0 Å². The molecule has 0 radical (unpaired) electrons. The first-order chi connectivity index (χ1) is 8.12. The van der Waals surface area contributed by atoms with Gasteiger partial charge < -0.3 is 4.57 Å². The Morgan fingerprint density at radius 1 is 1.22 bits per heavy atom. The van der Waals surface area contributed by atoms with Crippen molar-refractivity contribution in [1.82, 2.24) is 0 Å². The van der Waals surface area contributed by atoms with Crippen LogP contribution in [0.1, 0.15) is 0 Å². The van der Waals surface area contributed by atoms with Crippen LogP contribution >= 0.6 is 7.80 Å². The fourth-order valence-electron chi connectivity index (χ4n) is 1.07. The van der Waals surface area contributed by atoms with Crippen molar-refractivity contribution in [2.75, 3.05) is 13.3 Å². The zero-order valence-corrected chi connectivity index (χ0v) is 11.0. The van der Waals surface area contributed by atoms with Crippen molar-refractivity contribution in [1.29, 1.82) is 0 Å². The van der Waals surface area contributed by atoms with Crippen LogP contribution < -0.4 is 5.30 Å². The van der Waals surface area contributed by atoms with Gasteiger partial charge in [0, 0.05) is 5.30 Å². The van der Waals surface area contributed by atoms with Crippen molar-refractivity contribution in [3.05, 3.63) is 24.3 Å². The third-order valence-corrected chi connectivity index (χ3v) is 4.35. The lowest BCUT2D eigenvalue weighted by Crippen LogP contribution is -2.20. The molecular formula is C9H10F3O4PS. The molecule has 1 rings (SSSR count). The molecule has 0 heterocycles. The van der Waals surface area contributed by atoms with Crippen LogP contribution in [0.3, 0.4) is 0 Å². The van der Waals surface area contributed by atoms with Crippen molar-refractivity contribution >= 4 is 23.2 Å². The number of benzene rings is 1. The van der Waals surface area contributed by atoms with Crippen LogP contribution in [0, 0.1) is 0 Å². The molecule has 0 aromatic heterocycles. The Labute approximate surface area is 103 Å². The van der Waals surface area contributed by atoms with Crippen molar-refractivity contribution < 1.29 is 30.3 Å². The van der Waals surface area contributed by atoms with Crippen LogP contribution in [0.5, 0.6) is 0 Å². The van der Waals surface area contributed by atoms with Crippen LogP contribution in [-0.2, 0) is 18.9 Å². The fraction of sp³-hybridized carbons (Fsp3) is 0.333. The molecule has 4 nitrogen and oxygen atoms in total. The number of hydrogen-bond donors (Lipinski definition) is 0. The Hall–Kier alpha value is -0.850. The Bertz CT molecular complexity index is 536. The van der Waals surface area contributed by atoms with Gasteiger partial charge in [-0.05, 0) is 18.8 Å². The van der Waals surface area contributed by atoms with Gasteiger partial charge in [-0.2, -0.15) is 21.6 Å². The standard InChI is InChI=1S/C9H10F3O4PS/c1-17(13)7-2-4-8(5-3-7)18(14,15)16-6-9(10,11)12/h2-5,17H,6H2,1H3. The summed E-state index contributed by atoms with van der Waals surface area (Å²) in [5.74, 6) is 0. The van der Waals surface area contributed by atoms with Crippen LogP contribution in [0.15, 0.2) is 29.2 Å². The first-order valence-corrected chi connectivity index (χ1v) is 8.01. The second kappa shape index (κ2) is 5.42. The minimum Gasteiger partial charge on any atom is -0.322 e. The van der Waals surface area contributed by atoms with Crippen LogP contribution in [0.25, 0.3) is 0 Å². The third-order valence-electron chi connectivity index (χ3n) is 1.93. The van der Waals surface area contributed by atoms with Crippen molar-refractivity contribution in [2.24, 2.45) is 0 Å². The van der Waals surface area contributed by atoms with E-state index in [0.717, 1.165) is 12.1 Å². The molecule has 1 atom stereocenters. The normalized spacial score (nSPS) is 14.4. The summed E-state index contributed by atoms with van der Waals surface area (Å²) in [6.45, 7) is -0.407. The van der Waals surface area contributed by atoms with Gasteiger partial charge in [0.1, 0.15) is 7.80 Å². The highest BCUT2D eigenvalue weighted by atomic mass is 32.2. The maximum absolute atomic E-state index is 11.8. The maximum atomic E-state index is 11.8. The molecule has 0 saturated heterocycles. The summed E-state index contributed by atoms with van der Waals surface area (Å²) >= 11 is 0. The van der Waals surface area contributed by atoms with E-state index in [0.29, 0.717) is 5.30 Å². The Morgan fingerprint density at radius 2 is 1.72 bits per heavy atom. The number of rotatable bonds is 4. The van der Waals surface area contributed by atoms with Gasteiger partial charge in [-0.3, -0.25) is 4.18 Å². The van der Waals surface area contributed by atoms with Gasteiger partial charge in [-0.1, -0.05) is 12.1 Å². The first-order valence-electron chi connectivity index (χ1n) is 4.69. The molecule has 0 aliphatic heterocycles. The molecule has 0 fully saturated rings. The predicted octanol–water partition coefficient (Wildman–Crippen LogP) is 1.77. The van der Waals surface area contributed by atoms with Gasteiger partial charge >= 0.3 is 6.18 Å². The highest BCUT2D eigenvalue weighted by molar-refractivity contribution is 7.86. The summed E-state index contributed by atoms with van der Waals surface area (Å²) in [5, 5.41) is 0.440. The van der Waals surface area contributed by atoms with E-state index in [2.05, 4.69) is 4.18 Å². The molecule has 1 aromatic rings. The van der Waals surface area contributed by atoms with Gasteiger partial charge in [0.15, 0.2) is 6.61 Å². The summed E-state index contributed by atoms with van der Waals surface area (Å²) in [5.41, 5.74) is 0. The lowest BCUT2D eigenvalue weighted by atomic mass is 10.4. The molecule has 1 unspecified atom stereocenters. The van der Waals surface area contributed by atoms with Crippen molar-refractivity contribution in [3.63, 3.8) is 0 Å². The quantitative estimate of drug-likeness (QED) is 0.628. The summed E-state index contributed by atoms with van der Waals surface area (Å²) < 4.78 is 73.2. The summed E-state index contributed by atoms with van der Waals surface area (Å²) in [4.78, 5) is -0.404. The molecule has 0 bridgehead atoms. The molecule has 0 aliphatic rings. The first kappa shape index (κ1) is 15.2. The van der Waals surface area contributed by atoms with Crippen molar-refractivity contribution in [3.8, 4) is 0 Å². The van der Waals surface area contributed by atoms with Gasteiger partial charge in [0.25, 0.3) is 10.1 Å². The molecule has 0 N–H and O–H groups in total. The monoisotopic (exact) mass is 302 g/mol. The van der Waals surface area contributed by atoms with E-state index in [-0.39, 0.29) is 0 Å². The lowest BCUT2D eigenvalue weighted by Gasteiger charge is -2.08. The zero-order valence-electron chi connectivity index (χ0n) is 9.19. The van der Waals surface area contributed by atoms with Gasteiger partial charge in [-0.15, -0.1) is 0 Å². The summed E-state index contributed by atoms with van der Waals surface area (Å²) in [7, 11) is -6.42. The number of alkyl halides is 3. The molecule has 1 aromatic carbocycles. The van der Waals surface area contributed by atoms with Crippen molar-refractivity contribution in [2.45, 2.75) is 11.1 Å². The van der Waals surface area contributed by atoms with E-state index < -0.39 is 35.6 Å². The largest absolute Gasteiger partial charge is 0.413 e. The maximum Gasteiger partial charge on any atom is 0.413 e. The van der Waals surface area contributed by atoms with E-state index in [9.17, 15) is 26.2 Å². The fourth-order valence-corrected chi connectivity index (χ4v) is 2.60. The lowest BCUT2D eigenvalue weighted by molar-refractivity contribution is -0.152. The second-order valence-electron chi connectivity index (χ2n) is 3.41. The smallest absolute Gasteiger partial charge is 0.322 e. The Balaban J connectivity index is 2.89. The third kappa shape index (κ3) is 4.44. The summed E-state index contributed by atoms with van der Waals surface area (Å²) in [6, 6.07) is 4.69. The Morgan fingerprint density at radius 3 is 2.11 bits per heavy atom. The topological polar surface area (TPSA) is 60.4 Å². The molecule has 102 valence electrons. The van der Waals surface area contributed by atoms with Gasteiger partial charge in [0.2, 0.25) is 0 Å². The number of hydrogen-bond acceptors (Lipinski definition) is 4. The average molecular weight is 302 g/mol. The van der Waals surface area contributed by atoms with E-state index in [4.69, 9.17) is 0 Å². The molecule has 0 saturated carbocycles. The molecule has 18 heavy (non-hydrogen) atoms. The van der Waals surface area contributed by atoms with Crippen LogP contribution in [-0.4, -0.2) is 27.9 Å². The second-order valence-corrected chi connectivity index (χ2v) is 6.72. The van der Waals surface area contributed by atoms with Gasteiger partial charge in [0.05, 0.1) is 4.90 Å². The predicted molar refractivity (Wildman–Crippen MR) is 60.2 cm³/mol. The summed E-state index contributed by atoms with van der Waals surface area (Å²) in [6.07, 6.45) is -4.72. The van der Waals surface area contributed by atoms with E-state index in [1.807, 2.05) is 0 Å². The SMILES string of the molecule is C[PH](=O)c1ccc(S(=O)(=O)OCC(F)(F)F)cc1. The molecule has 0 spiro atoms. The highest BCUT2D eigenvalue weighted by Crippen LogP contribution is 2.20.